The van der Waals surface area contributed by atoms with Gasteiger partial charge in [-0.25, -0.2) is 4.98 Å². The third-order valence-corrected chi connectivity index (χ3v) is 6.42. The van der Waals surface area contributed by atoms with Crippen LogP contribution in [0.15, 0.2) is 72.1 Å². The van der Waals surface area contributed by atoms with Crippen LogP contribution in [0.3, 0.4) is 0 Å². The van der Waals surface area contributed by atoms with Crippen LogP contribution in [-0.4, -0.2) is 18.0 Å². The van der Waals surface area contributed by atoms with Gasteiger partial charge in [-0.1, -0.05) is 53.0 Å². The van der Waals surface area contributed by atoms with Crippen molar-refractivity contribution < 1.29 is 14.3 Å². The van der Waals surface area contributed by atoms with E-state index < -0.39 is 0 Å². The Balaban J connectivity index is 1.38. The summed E-state index contributed by atoms with van der Waals surface area (Å²) in [5.41, 5.74) is 3.17. The Bertz CT molecular complexity index is 1370. The summed E-state index contributed by atoms with van der Waals surface area (Å²) >= 11 is 19.4. The summed E-state index contributed by atoms with van der Waals surface area (Å²) in [5, 5.41) is 6.76. The lowest BCUT2D eigenvalue weighted by atomic mass is 10.2. The van der Waals surface area contributed by atoms with Gasteiger partial charge in [-0.3, -0.25) is 10.1 Å². The molecule has 4 rings (SSSR count). The van der Waals surface area contributed by atoms with E-state index in [2.05, 4.69) is 10.3 Å². The predicted molar refractivity (Wildman–Crippen MR) is 144 cm³/mol. The van der Waals surface area contributed by atoms with Crippen molar-refractivity contribution in [2.45, 2.75) is 6.61 Å². The fraction of sp³-hybridized carbons (Fsp3) is 0.0769. The molecule has 0 unspecified atom stereocenters. The van der Waals surface area contributed by atoms with Crippen LogP contribution in [0.5, 0.6) is 11.5 Å². The number of carbonyl (C=O) groups is 1. The Labute approximate surface area is 221 Å². The van der Waals surface area contributed by atoms with Crippen molar-refractivity contribution in [2.24, 2.45) is 0 Å². The van der Waals surface area contributed by atoms with Crippen LogP contribution in [-0.2, 0) is 11.4 Å². The highest BCUT2D eigenvalue weighted by atomic mass is 35.5. The van der Waals surface area contributed by atoms with Crippen molar-refractivity contribution >= 4 is 63.3 Å². The average molecular weight is 546 g/mol. The maximum atomic E-state index is 12.4. The van der Waals surface area contributed by atoms with E-state index in [1.807, 2.05) is 35.7 Å². The van der Waals surface area contributed by atoms with Gasteiger partial charge in [-0.2, -0.15) is 0 Å². The summed E-state index contributed by atoms with van der Waals surface area (Å²) in [4.78, 5) is 16.8. The number of thiazole rings is 1. The first-order valence-electron chi connectivity index (χ1n) is 10.4. The molecule has 5 nitrogen and oxygen atoms in total. The SMILES string of the molecule is COc1cc(/C=C/C(=O)Nc2nc(-c3ccc(Cl)cc3Cl)cs2)ccc1OCc1ccc(Cl)cc1. The molecule has 0 saturated heterocycles. The molecule has 4 aromatic rings. The predicted octanol–water partition coefficient (Wildman–Crippen LogP) is 8.01. The molecule has 3 aromatic carbocycles. The van der Waals surface area contributed by atoms with Crippen LogP contribution in [0.2, 0.25) is 15.1 Å². The van der Waals surface area contributed by atoms with Gasteiger partial charge in [0.15, 0.2) is 16.6 Å². The number of hydrogen-bond acceptors (Lipinski definition) is 5. The second kappa shape index (κ2) is 11.6. The Hall–Kier alpha value is -3.03. The lowest BCUT2D eigenvalue weighted by Crippen LogP contribution is -2.07. The number of anilines is 1. The number of methoxy groups -OCH3 is 1. The van der Waals surface area contributed by atoms with Gasteiger partial charge in [0, 0.05) is 27.1 Å². The summed E-state index contributed by atoms with van der Waals surface area (Å²) < 4.78 is 11.3. The van der Waals surface area contributed by atoms with Gasteiger partial charge in [0.25, 0.3) is 0 Å². The maximum Gasteiger partial charge on any atom is 0.250 e. The van der Waals surface area contributed by atoms with E-state index in [1.54, 1.807) is 43.5 Å². The molecular weight excluding hydrogens is 527 g/mol. The van der Waals surface area contributed by atoms with Crippen LogP contribution < -0.4 is 14.8 Å². The zero-order valence-electron chi connectivity index (χ0n) is 18.4. The molecule has 35 heavy (non-hydrogen) atoms. The molecule has 1 N–H and O–H groups in total. The third-order valence-electron chi connectivity index (χ3n) is 4.86. The highest BCUT2D eigenvalue weighted by molar-refractivity contribution is 7.14. The first kappa shape index (κ1) is 25.1. The van der Waals surface area contributed by atoms with E-state index in [4.69, 9.17) is 44.3 Å². The molecule has 1 aromatic heterocycles. The van der Waals surface area contributed by atoms with Gasteiger partial charge in [0.05, 0.1) is 17.8 Å². The standard InChI is InChI=1S/C26H19Cl3N2O3S/c1-33-24-12-16(4-10-23(24)34-14-17-2-6-18(27)7-3-17)5-11-25(32)31-26-30-22(15-35-26)20-9-8-19(28)13-21(20)29/h2-13,15H,14H2,1H3,(H,30,31,32)/b11-5+. The summed E-state index contributed by atoms with van der Waals surface area (Å²) in [6.45, 7) is 0.377. The van der Waals surface area contributed by atoms with Gasteiger partial charge >= 0.3 is 0 Å². The fourth-order valence-corrected chi connectivity index (χ4v) is 4.46. The molecule has 178 valence electrons. The lowest BCUT2D eigenvalue weighted by Gasteiger charge is -2.11. The normalized spacial score (nSPS) is 11.0. The van der Waals surface area contributed by atoms with Gasteiger partial charge < -0.3 is 9.47 Å². The molecule has 0 aliphatic rings. The molecule has 0 aliphatic heterocycles. The third kappa shape index (κ3) is 6.77. The largest absolute Gasteiger partial charge is 0.493 e. The first-order chi connectivity index (χ1) is 16.9. The maximum absolute atomic E-state index is 12.4. The zero-order valence-corrected chi connectivity index (χ0v) is 21.5. The minimum Gasteiger partial charge on any atom is -0.493 e. The number of nitrogens with zero attached hydrogens (tertiary/aromatic N) is 1. The number of aromatic nitrogens is 1. The van der Waals surface area contributed by atoms with Gasteiger partial charge in [0.1, 0.15) is 6.61 Å². The fourth-order valence-electron chi connectivity index (χ4n) is 3.12. The Morgan fingerprint density at radius 2 is 1.77 bits per heavy atom. The molecule has 1 heterocycles. The topological polar surface area (TPSA) is 60.5 Å². The monoisotopic (exact) mass is 544 g/mol. The van der Waals surface area contributed by atoms with Crippen molar-refractivity contribution in [2.75, 3.05) is 12.4 Å². The number of nitrogens with one attached hydrogen (secondary N) is 1. The van der Waals surface area contributed by atoms with E-state index in [0.29, 0.717) is 44.0 Å². The van der Waals surface area contributed by atoms with Gasteiger partial charge in [-0.05, 0) is 59.7 Å². The molecule has 0 atom stereocenters. The van der Waals surface area contributed by atoms with Crippen molar-refractivity contribution in [1.82, 2.24) is 4.98 Å². The summed E-state index contributed by atoms with van der Waals surface area (Å²) in [6, 6.07) is 18.1. The summed E-state index contributed by atoms with van der Waals surface area (Å²) in [7, 11) is 1.57. The Kier molecular flexibility index (Phi) is 8.31. The number of rotatable bonds is 8. The number of ether oxygens (including phenoxy) is 2. The van der Waals surface area contributed by atoms with Crippen LogP contribution in [0.1, 0.15) is 11.1 Å². The molecule has 0 radical (unpaired) electrons. The van der Waals surface area contributed by atoms with Crippen LogP contribution >= 0.6 is 46.1 Å². The van der Waals surface area contributed by atoms with Crippen molar-refractivity contribution in [1.29, 1.82) is 0 Å². The molecule has 0 aliphatic carbocycles. The molecule has 1 amide bonds. The number of hydrogen-bond donors (Lipinski definition) is 1. The number of benzene rings is 3. The van der Waals surface area contributed by atoms with E-state index in [0.717, 1.165) is 16.7 Å². The second-order valence-corrected chi connectivity index (χ2v) is 9.45. The highest BCUT2D eigenvalue weighted by Gasteiger charge is 2.10. The molecule has 0 bridgehead atoms. The molecule has 0 fully saturated rings. The number of carbonyl (C=O) groups excluding carboxylic acids is 1. The molecular formula is C26H19Cl3N2O3S. The van der Waals surface area contributed by atoms with E-state index in [1.165, 1.54) is 17.4 Å². The number of halogens is 3. The zero-order chi connectivity index (χ0) is 24.8. The van der Waals surface area contributed by atoms with Crippen LogP contribution in [0.25, 0.3) is 17.3 Å². The first-order valence-corrected chi connectivity index (χ1v) is 12.4. The minimum absolute atomic E-state index is 0.310. The average Bonchev–Trinajstić information content (AvgIpc) is 3.30. The van der Waals surface area contributed by atoms with E-state index in [9.17, 15) is 4.79 Å². The van der Waals surface area contributed by atoms with Crippen LogP contribution in [0.4, 0.5) is 5.13 Å². The second-order valence-electron chi connectivity index (χ2n) is 7.31. The summed E-state index contributed by atoms with van der Waals surface area (Å²) in [5.74, 6) is 0.848. The van der Waals surface area contributed by atoms with Crippen molar-refractivity contribution in [3.8, 4) is 22.8 Å². The smallest absolute Gasteiger partial charge is 0.250 e. The van der Waals surface area contributed by atoms with Gasteiger partial charge in [0.2, 0.25) is 5.91 Å². The Morgan fingerprint density at radius 3 is 2.51 bits per heavy atom. The van der Waals surface area contributed by atoms with E-state index in [-0.39, 0.29) is 5.91 Å². The van der Waals surface area contributed by atoms with Crippen LogP contribution in [0, 0.1) is 0 Å². The molecule has 9 heteroatoms. The summed E-state index contributed by atoms with van der Waals surface area (Å²) in [6.07, 6.45) is 3.12. The lowest BCUT2D eigenvalue weighted by molar-refractivity contribution is -0.111. The quantitative estimate of drug-likeness (QED) is 0.228. The Morgan fingerprint density at radius 1 is 1.00 bits per heavy atom. The minimum atomic E-state index is -0.310. The number of amides is 1. The molecule has 0 saturated carbocycles. The van der Waals surface area contributed by atoms with Crippen molar-refractivity contribution in [3.63, 3.8) is 0 Å². The van der Waals surface area contributed by atoms with Crippen molar-refractivity contribution in [3.05, 3.63) is 98.3 Å². The highest BCUT2D eigenvalue weighted by Crippen LogP contribution is 2.32. The van der Waals surface area contributed by atoms with Gasteiger partial charge in [-0.15, -0.1) is 11.3 Å². The van der Waals surface area contributed by atoms with E-state index >= 15 is 0 Å². The molecule has 0 spiro atoms.